The first-order chi connectivity index (χ1) is 13.6. The van der Waals surface area contributed by atoms with Crippen LogP contribution in [0.15, 0.2) is 30.6 Å². The van der Waals surface area contributed by atoms with E-state index in [0.717, 1.165) is 37.9 Å². The van der Waals surface area contributed by atoms with E-state index in [-0.39, 0.29) is 17.7 Å². The fourth-order valence-electron chi connectivity index (χ4n) is 3.97. The zero-order chi connectivity index (χ0) is 19.5. The van der Waals surface area contributed by atoms with Gasteiger partial charge in [0.25, 0.3) is 5.91 Å². The summed E-state index contributed by atoms with van der Waals surface area (Å²) in [5.41, 5.74) is 2.06. The van der Waals surface area contributed by atoms with Gasteiger partial charge in [0.15, 0.2) is 0 Å². The van der Waals surface area contributed by atoms with Gasteiger partial charge < -0.3 is 20.5 Å². The summed E-state index contributed by atoms with van der Waals surface area (Å²) < 4.78 is 5.87. The molecule has 3 N–H and O–H groups in total. The van der Waals surface area contributed by atoms with Gasteiger partial charge in [0.05, 0.1) is 24.4 Å². The summed E-state index contributed by atoms with van der Waals surface area (Å²) in [5, 5.41) is 17.2. The lowest BCUT2D eigenvalue weighted by Gasteiger charge is -2.22. The average molecular weight is 402 g/mol. The number of aromatic hydroxyl groups is 1. The molecule has 7 heteroatoms. The van der Waals surface area contributed by atoms with Crippen LogP contribution in [0.1, 0.15) is 46.8 Å². The molecule has 1 unspecified atom stereocenters. The maximum absolute atomic E-state index is 12.7. The van der Waals surface area contributed by atoms with E-state index in [4.69, 9.17) is 16.3 Å². The number of rotatable bonds is 5. The number of ether oxygens (including phenoxy) is 1. The molecule has 1 aliphatic carbocycles. The third kappa shape index (κ3) is 4.08. The number of carbonyl (C=O) groups excluding carboxylic acids is 1. The van der Waals surface area contributed by atoms with Crippen molar-refractivity contribution < 1.29 is 14.6 Å². The number of amides is 1. The van der Waals surface area contributed by atoms with Crippen LogP contribution >= 0.6 is 11.6 Å². The van der Waals surface area contributed by atoms with E-state index < -0.39 is 0 Å². The zero-order valence-electron chi connectivity index (χ0n) is 15.6. The highest BCUT2D eigenvalue weighted by atomic mass is 35.5. The number of phenolic OH excluding ortho intramolecular Hbond substituents is 1. The molecule has 2 aromatic rings. The van der Waals surface area contributed by atoms with Crippen LogP contribution < -0.4 is 15.4 Å². The lowest BCUT2D eigenvalue weighted by molar-refractivity contribution is 0.0935. The van der Waals surface area contributed by atoms with E-state index in [2.05, 4.69) is 15.6 Å². The number of piperidine rings is 1. The molecule has 0 spiro atoms. The molecule has 1 aromatic heterocycles. The van der Waals surface area contributed by atoms with Crippen molar-refractivity contribution >= 4 is 17.5 Å². The lowest BCUT2D eigenvalue weighted by Crippen LogP contribution is -2.30. The highest BCUT2D eigenvalue weighted by Gasteiger charge is 2.29. The SMILES string of the molecule is O=C(NC1CCc2c(Cl)ccc(O)c21)c1cncc(OCC2CCNCC2)c1. The average Bonchev–Trinajstić information content (AvgIpc) is 3.15. The van der Waals surface area contributed by atoms with Crippen LogP contribution in [0, 0.1) is 5.92 Å². The van der Waals surface area contributed by atoms with E-state index in [9.17, 15) is 9.90 Å². The van der Waals surface area contributed by atoms with Gasteiger partial charge in [-0.05, 0) is 68.5 Å². The van der Waals surface area contributed by atoms with Crippen molar-refractivity contribution in [1.29, 1.82) is 0 Å². The first-order valence-corrected chi connectivity index (χ1v) is 10.1. The van der Waals surface area contributed by atoms with Crippen molar-refractivity contribution in [2.24, 2.45) is 5.92 Å². The zero-order valence-corrected chi connectivity index (χ0v) is 16.3. The Morgan fingerprint density at radius 2 is 2.11 bits per heavy atom. The Labute approximate surface area is 169 Å². The van der Waals surface area contributed by atoms with Gasteiger partial charge in [-0.3, -0.25) is 9.78 Å². The van der Waals surface area contributed by atoms with E-state index in [0.29, 0.717) is 40.8 Å². The molecule has 1 saturated heterocycles. The van der Waals surface area contributed by atoms with Crippen LogP contribution in [0.4, 0.5) is 0 Å². The fourth-order valence-corrected chi connectivity index (χ4v) is 4.23. The van der Waals surface area contributed by atoms with Gasteiger partial charge >= 0.3 is 0 Å². The molecule has 148 valence electrons. The van der Waals surface area contributed by atoms with Gasteiger partial charge in [0, 0.05) is 16.8 Å². The molecule has 1 fully saturated rings. The number of hydrogen-bond acceptors (Lipinski definition) is 5. The van der Waals surface area contributed by atoms with Crippen LogP contribution in [-0.4, -0.2) is 35.7 Å². The number of benzene rings is 1. The standard InChI is InChI=1S/C21H24ClN3O3/c22-17-2-4-19(26)20-16(17)1-3-18(20)25-21(27)14-9-15(11-24-10-14)28-12-13-5-7-23-8-6-13/h2,4,9-11,13,18,23,26H,1,3,5-8,12H2,(H,25,27). The largest absolute Gasteiger partial charge is 0.508 e. The molecular formula is C21H24ClN3O3. The van der Waals surface area contributed by atoms with Crippen LogP contribution in [0.2, 0.25) is 5.02 Å². The molecule has 0 radical (unpaired) electrons. The molecular weight excluding hydrogens is 378 g/mol. The summed E-state index contributed by atoms with van der Waals surface area (Å²) in [4.78, 5) is 16.9. The Hall–Kier alpha value is -2.31. The number of aromatic nitrogens is 1. The van der Waals surface area contributed by atoms with Crippen molar-refractivity contribution in [3.63, 3.8) is 0 Å². The number of nitrogens with one attached hydrogen (secondary N) is 2. The summed E-state index contributed by atoms with van der Waals surface area (Å²) in [7, 11) is 0. The van der Waals surface area contributed by atoms with Crippen molar-refractivity contribution in [3.8, 4) is 11.5 Å². The van der Waals surface area contributed by atoms with Crippen molar-refractivity contribution in [2.45, 2.75) is 31.7 Å². The molecule has 28 heavy (non-hydrogen) atoms. The minimum atomic E-state index is -0.263. The molecule has 2 heterocycles. The predicted molar refractivity (Wildman–Crippen MR) is 107 cm³/mol. The Kier molecular flexibility index (Phi) is 5.69. The van der Waals surface area contributed by atoms with Crippen molar-refractivity contribution in [1.82, 2.24) is 15.6 Å². The number of phenols is 1. The maximum Gasteiger partial charge on any atom is 0.253 e. The second kappa shape index (κ2) is 8.37. The van der Waals surface area contributed by atoms with Crippen molar-refractivity contribution in [2.75, 3.05) is 19.7 Å². The van der Waals surface area contributed by atoms with Crippen LogP contribution in [0.25, 0.3) is 0 Å². The number of pyridine rings is 1. The fraction of sp³-hybridized carbons (Fsp3) is 0.429. The Morgan fingerprint density at radius 3 is 2.93 bits per heavy atom. The molecule has 4 rings (SSSR count). The van der Waals surface area contributed by atoms with Crippen LogP contribution in [-0.2, 0) is 6.42 Å². The number of carbonyl (C=O) groups is 1. The molecule has 1 aromatic carbocycles. The Morgan fingerprint density at radius 1 is 1.29 bits per heavy atom. The van der Waals surface area contributed by atoms with E-state index in [1.54, 1.807) is 24.4 Å². The van der Waals surface area contributed by atoms with Gasteiger partial charge in [-0.2, -0.15) is 0 Å². The first kappa shape index (κ1) is 19.0. The number of nitrogens with zero attached hydrogens (tertiary/aromatic N) is 1. The number of fused-ring (bicyclic) bond motifs is 1. The highest BCUT2D eigenvalue weighted by molar-refractivity contribution is 6.31. The Bertz CT molecular complexity index is 868. The lowest BCUT2D eigenvalue weighted by atomic mass is 9.99. The topological polar surface area (TPSA) is 83.5 Å². The Balaban J connectivity index is 1.41. The third-order valence-corrected chi connectivity index (χ3v) is 5.89. The number of hydrogen-bond donors (Lipinski definition) is 3. The van der Waals surface area contributed by atoms with Crippen LogP contribution in [0.5, 0.6) is 11.5 Å². The molecule has 0 bridgehead atoms. The summed E-state index contributed by atoms with van der Waals surface area (Å²) >= 11 is 6.23. The van der Waals surface area contributed by atoms with Crippen LogP contribution in [0.3, 0.4) is 0 Å². The molecule has 1 amide bonds. The van der Waals surface area contributed by atoms with Gasteiger partial charge in [-0.1, -0.05) is 11.6 Å². The first-order valence-electron chi connectivity index (χ1n) is 9.71. The van der Waals surface area contributed by atoms with Gasteiger partial charge in [0.1, 0.15) is 11.5 Å². The van der Waals surface area contributed by atoms with Crippen molar-refractivity contribution in [3.05, 3.63) is 52.3 Å². The normalized spacial score (nSPS) is 19.2. The highest BCUT2D eigenvalue weighted by Crippen LogP contribution is 2.41. The van der Waals surface area contributed by atoms with Gasteiger partial charge in [-0.25, -0.2) is 0 Å². The second-order valence-corrected chi connectivity index (χ2v) is 7.84. The number of halogens is 1. The van der Waals surface area contributed by atoms with E-state index in [1.807, 2.05) is 0 Å². The second-order valence-electron chi connectivity index (χ2n) is 7.44. The maximum atomic E-state index is 12.7. The molecule has 1 aliphatic heterocycles. The predicted octanol–water partition coefficient (Wildman–Crippen LogP) is 3.24. The monoisotopic (exact) mass is 401 g/mol. The summed E-state index contributed by atoms with van der Waals surface area (Å²) in [6.45, 7) is 2.68. The minimum Gasteiger partial charge on any atom is -0.508 e. The van der Waals surface area contributed by atoms with E-state index >= 15 is 0 Å². The smallest absolute Gasteiger partial charge is 0.253 e. The summed E-state index contributed by atoms with van der Waals surface area (Å²) in [6.07, 6.45) is 6.79. The van der Waals surface area contributed by atoms with Gasteiger partial charge in [-0.15, -0.1) is 0 Å². The summed E-state index contributed by atoms with van der Waals surface area (Å²) in [5.74, 6) is 1.06. The van der Waals surface area contributed by atoms with E-state index in [1.165, 1.54) is 6.20 Å². The quantitative estimate of drug-likeness (QED) is 0.716. The summed E-state index contributed by atoms with van der Waals surface area (Å²) in [6, 6.07) is 4.72. The molecule has 2 aliphatic rings. The minimum absolute atomic E-state index is 0.166. The molecule has 0 saturated carbocycles. The van der Waals surface area contributed by atoms with Gasteiger partial charge in [0.2, 0.25) is 0 Å². The molecule has 1 atom stereocenters. The third-order valence-electron chi connectivity index (χ3n) is 5.53. The molecule has 6 nitrogen and oxygen atoms in total.